The first-order valence-electron chi connectivity index (χ1n) is 8.58. The van der Waals surface area contributed by atoms with Gasteiger partial charge < -0.3 is 10.1 Å². The Balaban J connectivity index is 1.67. The van der Waals surface area contributed by atoms with Crippen molar-refractivity contribution in [2.45, 2.75) is 27.0 Å². The van der Waals surface area contributed by atoms with Crippen LogP contribution in [0.15, 0.2) is 54.6 Å². The van der Waals surface area contributed by atoms with E-state index >= 15 is 0 Å². The molecule has 0 aliphatic heterocycles. The molecule has 0 bridgehead atoms. The predicted octanol–water partition coefficient (Wildman–Crippen LogP) is 7.45. The second kappa shape index (κ2) is 8.88. The van der Waals surface area contributed by atoms with E-state index in [0.29, 0.717) is 34.0 Å². The molecule has 5 heteroatoms. The van der Waals surface area contributed by atoms with Gasteiger partial charge in [-0.1, -0.05) is 53.0 Å². The largest absolute Gasteiger partial charge is 0.486 e. The zero-order valence-electron chi connectivity index (χ0n) is 15.2. The van der Waals surface area contributed by atoms with Crippen LogP contribution in [-0.2, 0) is 13.2 Å². The molecule has 0 aromatic heterocycles. The lowest BCUT2D eigenvalue weighted by atomic mass is 10.1. The molecule has 0 saturated carbocycles. The van der Waals surface area contributed by atoms with Crippen molar-refractivity contribution in [1.29, 1.82) is 0 Å². The number of hydrogen-bond donors (Lipinski definition) is 1. The second-order valence-electron chi connectivity index (χ2n) is 6.46. The Kier molecular flexibility index (Phi) is 6.54. The average Bonchev–Trinajstić information content (AvgIpc) is 2.62. The highest BCUT2D eigenvalue weighted by atomic mass is 35.5. The van der Waals surface area contributed by atoms with Gasteiger partial charge in [0, 0.05) is 17.3 Å². The summed E-state index contributed by atoms with van der Waals surface area (Å²) in [6.45, 7) is 5.16. The van der Waals surface area contributed by atoms with Crippen molar-refractivity contribution in [2.75, 3.05) is 5.32 Å². The molecule has 140 valence electrons. The predicted molar refractivity (Wildman–Crippen MR) is 115 cm³/mol. The van der Waals surface area contributed by atoms with Gasteiger partial charge in [-0.25, -0.2) is 0 Å². The quantitative estimate of drug-likeness (QED) is 0.447. The van der Waals surface area contributed by atoms with Gasteiger partial charge in [0.2, 0.25) is 0 Å². The fourth-order valence-electron chi connectivity index (χ4n) is 2.69. The van der Waals surface area contributed by atoms with Crippen LogP contribution in [0, 0.1) is 13.8 Å². The Bertz CT molecular complexity index is 933. The summed E-state index contributed by atoms with van der Waals surface area (Å²) in [5.41, 5.74) is 5.52. The molecule has 0 atom stereocenters. The van der Waals surface area contributed by atoms with E-state index in [9.17, 15) is 0 Å². The fraction of sp³-hybridized carbons (Fsp3) is 0.182. The molecule has 0 unspecified atom stereocenters. The van der Waals surface area contributed by atoms with Gasteiger partial charge in [0.15, 0.2) is 5.75 Å². The SMILES string of the molecule is Cc1ccc(NCc2cc(Cl)c(OCc3cccc(Cl)c3)c(Cl)c2)cc1C. The van der Waals surface area contributed by atoms with Crippen LogP contribution in [0.25, 0.3) is 0 Å². The van der Waals surface area contributed by atoms with Gasteiger partial charge >= 0.3 is 0 Å². The third-order valence-electron chi connectivity index (χ3n) is 4.33. The normalized spacial score (nSPS) is 10.7. The zero-order chi connectivity index (χ0) is 19.4. The van der Waals surface area contributed by atoms with Gasteiger partial charge in [-0.3, -0.25) is 0 Å². The summed E-state index contributed by atoms with van der Waals surface area (Å²) in [5, 5.41) is 5.04. The Morgan fingerprint density at radius 2 is 1.56 bits per heavy atom. The molecule has 0 spiro atoms. The molecule has 3 rings (SSSR count). The lowest BCUT2D eigenvalue weighted by Crippen LogP contribution is -2.02. The molecule has 0 saturated heterocycles. The van der Waals surface area contributed by atoms with Gasteiger partial charge in [-0.15, -0.1) is 0 Å². The van der Waals surface area contributed by atoms with Crippen molar-refractivity contribution in [1.82, 2.24) is 0 Å². The van der Waals surface area contributed by atoms with E-state index in [2.05, 4.69) is 37.4 Å². The fourth-order valence-corrected chi connectivity index (χ4v) is 3.54. The van der Waals surface area contributed by atoms with E-state index in [1.807, 2.05) is 36.4 Å². The van der Waals surface area contributed by atoms with Gasteiger partial charge in [0.05, 0.1) is 10.0 Å². The van der Waals surface area contributed by atoms with E-state index in [1.165, 1.54) is 11.1 Å². The molecule has 1 N–H and O–H groups in total. The number of hydrogen-bond acceptors (Lipinski definition) is 2. The molecule has 27 heavy (non-hydrogen) atoms. The zero-order valence-corrected chi connectivity index (χ0v) is 17.4. The number of ether oxygens (including phenoxy) is 1. The van der Waals surface area contributed by atoms with E-state index in [-0.39, 0.29) is 0 Å². The minimum atomic E-state index is 0.347. The molecule has 2 nitrogen and oxygen atoms in total. The van der Waals surface area contributed by atoms with Crippen LogP contribution in [-0.4, -0.2) is 0 Å². The number of halogens is 3. The maximum absolute atomic E-state index is 6.40. The minimum absolute atomic E-state index is 0.347. The van der Waals surface area contributed by atoms with Crippen LogP contribution >= 0.6 is 34.8 Å². The van der Waals surface area contributed by atoms with Gasteiger partial charge in [-0.2, -0.15) is 0 Å². The van der Waals surface area contributed by atoms with Crippen molar-refractivity contribution in [3.05, 3.63) is 91.9 Å². The number of benzene rings is 3. The van der Waals surface area contributed by atoms with Crippen LogP contribution in [0.2, 0.25) is 15.1 Å². The third-order valence-corrected chi connectivity index (χ3v) is 5.13. The van der Waals surface area contributed by atoms with Crippen LogP contribution < -0.4 is 10.1 Å². The summed E-state index contributed by atoms with van der Waals surface area (Å²) in [6.07, 6.45) is 0. The van der Waals surface area contributed by atoms with Crippen LogP contribution in [0.5, 0.6) is 5.75 Å². The Morgan fingerprint density at radius 1 is 0.815 bits per heavy atom. The van der Waals surface area contributed by atoms with Gasteiger partial charge in [0.25, 0.3) is 0 Å². The first-order chi connectivity index (χ1) is 12.9. The van der Waals surface area contributed by atoms with Crippen molar-refractivity contribution >= 4 is 40.5 Å². The smallest absolute Gasteiger partial charge is 0.156 e. The van der Waals surface area contributed by atoms with Crippen molar-refractivity contribution < 1.29 is 4.74 Å². The number of anilines is 1. The molecule has 0 aliphatic rings. The highest BCUT2D eigenvalue weighted by Gasteiger charge is 2.10. The van der Waals surface area contributed by atoms with Crippen molar-refractivity contribution in [3.8, 4) is 5.75 Å². The highest BCUT2D eigenvalue weighted by Crippen LogP contribution is 2.35. The Hall–Kier alpha value is -1.87. The topological polar surface area (TPSA) is 21.3 Å². The van der Waals surface area contributed by atoms with Crippen LogP contribution in [0.1, 0.15) is 22.3 Å². The number of rotatable bonds is 6. The maximum Gasteiger partial charge on any atom is 0.156 e. The molecule has 0 fully saturated rings. The molecular formula is C22H20Cl3NO. The van der Waals surface area contributed by atoms with E-state index < -0.39 is 0 Å². The molecule has 0 heterocycles. The molecular weight excluding hydrogens is 401 g/mol. The molecule has 0 aliphatic carbocycles. The summed E-state index contributed by atoms with van der Waals surface area (Å²) >= 11 is 18.8. The van der Waals surface area contributed by atoms with Crippen LogP contribution in [0.4, 0.5) is 5.69 Å². The first kappa shape index (κ1) is 19.9. The van der Waals surface area contributed by atoms with E-state index in [4.69, 9.17) is 39.5 Å². The van der Waals surface area contributed by atoms with Crippen LogP contribution in [0.3, 0.4) is 0 Å². The van der Waals surface area contributed by atoms with E-state index in [1.54, 1.807) is 0 Å². The molecule has 0 amide bonds. The third kappa shape index (κ3) is 5.32. The summed E-state index contributed by atoms with van der Waals surface area (Å²) in [5.74, 6) is 0.480. The number of aryl methyl sites for hydroxylation is 2. The standard InChI is InChI=1S/C22H20Cl3NO/c1-14-6-7-19(8-15(14)2)26-12-17-10-20(24)22(21(25)11-17)27-13-16-4-3-5-18(23)9-16/h3-11,26H,12-13H2,1-2H3. The number of nitrogens with one attached hydrogen (secondary N) is 1. The summed E-state index contributed by atoms with van der Waals surface area (Å²) < 4.78 is 5.81. The molecule has 3 aromatic rings. The first-order valence-corrected chi connectivity index (χ1v) is 9.72. The highest BCUT2D eigenvalue weighted by molar-refractivity contribution is 6.37. The Morgan fingerprint density at radius 3 is 2.22 bits per heavy atom. The lowest BCUT2D eigenvalue weighted by molar-refractivity contribution is 0.306. The lowest BCUT2D eigenvalue weighted by Gasteiger charge is -2.13. The monoisotopic (exact) mass is 419 g/mol. The van der Waals surface area contributed by atoms with Crippen molar-refractivity contribution in [2.24, 2.45) is 0 Å². The van der Waals surface area contributed by atoms with E-state index in [0.717, 1.165) is 16.8 Å². The summed E-state index contributed by atoms with van der Waals surface area (Å²) in [4.78, 5) is 0. The molecule has 0 radical (unpaired) electrons. The van der Waals surface area contributed by atoms with Gasteiger partial charge in [0.1, 0.15) is 6.61 Å². The summed E-state index contributed by atoms with van der Waals surface area (Å²) in [7, 11) is 0. The second-order valence-corrected chi connectivity index (χ2v) is 7.71. The Labute approximate surface area is 175 Å². The average molecular weight is 421 g/mol. The minimum Gasteiger partial charge on any atom is -0.486 e. The summed E-state index contributed by atoms with van der Waals surface area (Å²) in [6, 6.07) is 17.5. The molecule has 3 aromatic carbocycles. The van der Waals surface area contributed by atoms with Gasteiger partial charge in [-0.05, 0) is 72.5 Å². The maximum atomic E-state index is 6.40. The van der Waals surface area contributed by atoms with Crippen molar-refractivity contribution in [3.63, 3.8) is 0 Å².